The van der Waals surface area contributed by atoms with Crippen molar-refractivity contribution in [2.75, 3.05) is 0 Å². The summed E-state index contributed by atoms with van der Waals surface area (Å²) < 4.78 is 0.991. The van der Waals surface area contributed by atoms with Crippen LogP contribution >= 0.6 is 15.9 Å². The number of halogens is 1. The van der Waals surface area contributed by atoms with Gasteiger partial charge >= 0.3 is 0 Å². The van der Waals surface area contributed by atoms with Gasteiger partial charge in [0.05, 0.1) is 6.04 Å². The highest BCUT2D eigenvalue weighted by Gasteiger charge is 2.59. The van der Waals surface area contributed by atoms with Crippen molar-refractivity contribution in [3.8, 4) is 5.75 Å². The summed E-state index contributed by atoms with van der Waals surface area (Å²) in [5.41, 5.74) is 1.79. The molecule has 1 aromatic rings. The largest absolute Gasteiger partial charge is 0.507 e. The molecule has 1 N–H and O–H groups in total. The van der Waals surface area contributed by atoms with Gasteiger partial charge in [-0.15, -0.1) is 0 Å². The van der Waals surface area contributed by atoms with Crippen molar-refractivity contribution in [1.82, 2.24) is 0 Å². The Hall–Kier alpha value is -0.830. The average molecular weight is 458 g/mol. The Morgan fingerprint density at radius 3 is 2.66 bits per heavy atom. The molecule has 29 heavy (non-hydrogen) atoms. The lowest BCUT2D eigenvalue weighted by atomic mass is 9.45. The summed E-state index contributed by atoms with van der Waals surface area (Å²) in [5.74, 6) is 4.05. The summed E-state index contributed by atoms with van der Waals surface area (Å²) in [4.78, 5) is 5.08. The zero-order valence-corrected chi connectivity index (χ0v) is 19.6. The zero-order valence-electron chi connectivity index (χ0n) is 18.0. The third-order valence-corrected chi connectivity index (χ3v) is 10.4. The quantitative estimate of drug-likeness (QED) is 0.461. The van der Waals surface area contributed by atoms with E-state index in [-0.39, 0.29) is 0 Å². The smallest absolute Gasteiger partial charge is 0.124 e. The molecule has 1 aromatic carbocycles. The molecule has 4 saturated carbocycles. The first-order valence-electron chi connectivity index (χ1n) is 11.9. The summed E-state index contributed by atoms with van der Waals surface area (Å²) >= 11 is 3.51. The van der Waals surface area contributed by atoms with E-state index in [1.807, 2.05) is 18.3 Å². The maximum Gasteiger partial charge on any atom is 0.124 e. The molecule has 7 atom stereocenters. The zero-order chi connectivity index (χ0) is 20.2. The lowest BCUT2D eigenvalue weighted by molar-refractivity contribution is -0.105. The first kappa shape index (κ1) is 20.1. The van der Waals surface area contributed by atoms with Gasteiger partial charge < -0.3 is 5.11 Å². The Labute approximate surface area is 184 Å². The maximum absolute atomic E-state index is 10.2. The SMILES string of the molecule is C[C@]12CCCC[C@@H]1CC[C@H]1[C@@H]2CC[C@@]2(C)[C@@H](N=Cc3cc(Br)ccc3O)CC[C@@H]12. The molecule has 0 heterocycles. The second-order valence-corrected chi connectivity index (χ2v) is 11.9. The van der Waals surface area contributed by atoms with Crippen molar-refractivity contribution in [2.24, 2.45) is 39.5 Å². The molecule has 4 aliphatic rings. The number of fused-ring (bicyclic) bond motifs is 5. The van der Waals surface area contributed by atoms with Crippen molar-refractivity contribution in [3.05, 3.63) is 28.2 Å². The number of nitrogens with zero attached hydrogens (tertiary/aromatic N) is 1. The minimum Gasteiger partial charge on any atom is -0.507 e. The van der Waals surface area contributed by atoms with Gasteiger partial charge in [0.1, 0.15) is 5.75 Å². The minimum atomic E-state index is 0.323. The molecule has 3 heteroatoms. The number of aliphatic imine (C=N–C) groups is 1. The van der Waals surface area contributed by atoms with Gasteiger partial charge in [-0.05, 0) is 104 Å². The molecule has 0 spiro atoms. The van der Waals surface area contributed by atoms with E-state index < -0.39 is 0 Å². The third kappa shape index (κ3) is 3.22. The van der Waals surface area contributed by atoms with Gasteiger partial charge in [0.15, 0.2) is 0 Å². The van der Waals surface area contributed by atoms with E-state index in [4.69, 9.17) is 4.99 Å². The van der Waals surface area contributed by atoms with Crippen LogP contribution in [0.2, 0.25) is 0 Å². The molecule has 0 aliphatic heterocycles. The number of rotatable bonds is 2. The molecule has 0 saturated heterocycles. The van der Waals surface area contributed by atoms with Crippen molar-refractivity contribution in [1.29, 1.82) is 0 Å². The van der Waals surface area contributed by atoms with Crippen LogP contribution in [0.4, 0.5) is 0 Å². The van der Waals surface area contributed by atoms with Crippen LogP contribution in [0.5, 0.6) is 5.75 Å². The summed E-state index contributed by atoms with van der Waals surface area (Å²) in [6.45, 7) is 5.20. The van der Waals surface area contributed by atoms with Crippen molar-refractivity contribution >= 4 is 22.1 Å². The van der Waals surface area contributed by atoms with Crippen molar-refractivity contribution < 1.29 is 5.11 Å². The van der Waals surface area contributed by atoms with Crippen LogP contribution in [0.1, 0.15) is 83.6 Å². The van der Waals surface area contributed by atoms with E-state index in [0.29, 0.717) is 22.6 Å². The fourth-order valence-corrected chi connectivity index (χ4v) is 8.69. The third-order valence-electron chi connectivity index (χ3n) is 9.92. The predicted molar refractivity (Wildman–Crippen MR) is 124 cm³/mol. The number of hydrogen-bond acceptors (Lipinski definition) is 2. The van der Waals surface area contributed by atoms with Gasteiger partial charge in [0.25, 0.3) is 0 Å². The number of aromatic hydroxyl groups is 1. The molecule has 4 aliphatic carbocycles. The lowest BCUT2D eigenvalue weighted by Gasteiger charge is -2.60. The van der Waals surface area contributed by atoms with Gasteiger partial charge in [-0.1, -0.05) is 42.6 Å². The number of benzene rings is 1. The molecule has 5 rings (SSSR count). The van der Waals surface area contributed by atoms with Gasteiger partial charge in [0, 0.05) is 16.3 Å². The van der Waals surface area contributed by atoms with Crippen LogP contribution in [0.3, 0.4) is 0 Å². The van der Waals surface area contributed by atoms with E-state index in [1.165, 1.54) is 64.2 Å². The highest BCUT2D eigenvalue weighted by molar-refractivity contribution is 9.10. The molecule has 4 fully saturated rings. The summed E-state index contributed by atoms with van der Waals surface area (Å²) in [6, 6.07) is 6.00. The van der Waals surface area contributed by atoms with E-state index in [9.17, 15) is 5.11 Å². The number of hydrogen-bond donors (Lipinski definition) is 1. The first-order chi connectivity index (χ1) is 13.9. The van der Waals surface area contributed by atoms with E-state index in [0.717, 1.165) is 33.7 Å². The molecule has 0 amide bonds. The number of phenols is 1. The van der Waals surface area contributed by atoms with Gasteiger partial charge in [0.2, 0.25) is 0 Å². The van der Waals surface area contributed by atoms with Gasteiger partial charge in [-0.25, -0.2) is 0 Å². The second-order valence-electron chi connectivity index (χ2n) is 11.0. The Bertz CT molecular complexity index is 806. The van der Waals surface area contributed by atoms with Crippen LogP contribution in [0.15, 0.2) is 27.7 Å². The Balaban J connectivity index is 1.37. The Morgan fingerprint density at radius 2 is 1.79 bits per heavy atom. The van der Waals surface area contributed by atoms with Gasteiger partial charge in [-0.2, -0.15) is 0 Å². The molecular formula is C26H36BrNO. The molecule has 0 unspecified atom stereocenters. The molecule has 0 radical (unpaired) electrons. The van der Waals surface area contributed by atoms with Crippen LogP contribution < -0.4 is 0 Å². The molecule has 0 bridgehead atoms. The van der Waals surface area contributed by atoms with Crippen LogP contribution in [-0.2, 0) is 0 Å². The second kappa shape index (κ2) is 7.39. The molecular weight excluding hydrogens is 422 g/mol. The summed E-state index contributed by atoms with van der Waals surface area (Å²) in [7, 11) is 0. The van der Waals surface area contributed by atoms with E-state index >= 15 is 0 Å². The fourth-order valence-electron chi connectivity index (χ4n) is 8.31. The van der Waals surface area contributed by atoms with Crippen LogP contribution in [-0.4, -0.2) is 17.4 Å². The monoisotopic (exact) mass is 457 g/mol. The average Bonchev–Trinajstić information content (AvgIpc) is 3.04. The predicted octanol–water partition coefficient (Wildman–Crippen LogP) is 7.38. The van der Waals surface area contributed by atoms with Crippen LogP contribution in [0, 0.1) is 34.5 Å². The minimum absolute atomic E-state index is 0.323. The highest BCUT2D eigenvalue weighted by Crippen LogP contribution is 2.66. The molecule has 2 nitrogen and oxygen atoms in total. The summed E-state index contributed by atoms with van der Waals surface area (Å²) in [5, 5.41) is 10.2. The Kier molecular flexibility index (Phi) is 5.12. The highest BCUT2D eigenvalue weighted by atomic mass is 79.9. The maximum atomic E-state index is 10.2. The van der Waals surface area contributed by atoms with Crippen molar-refractivity contribution in [2.45, 2.75) is 84.1 Å². The van der Waals surface area contributed by atoms with E-state index in [1.54, 1.807) is 6.07 Å². The molecule has 158 valence electrons. The normalized spacial score (nSPS) is 44.3. The van der Waals surface area contributed by atoms with Crippen LogP contribution in [0.25, 0.3) is 0 Å². The topological polar surface area (TPSA) is 32.6 Å². The Morgan fingerprint density at radius 1 is 0.966 bits per heavy atom. The lowest BCUT2D eigenvalue weighted by Crippen LogP contribution is -2.53. The van der Waals surface area contributed by atoms with Gasteiger partial charge in [-0.3, -0.25) is 4.99 Å². The number of phenolic OH excluding ortho intramolecular Hbond substituents is 1. The summed E-state index contributed by atoms with van der Waals surface area (Å²) in [6.07, 6.45) is 16.1. The first-order valence-corrected chi connectivity index (χ1v) is 12.7. The molecule has 0 aromatic heterocycles. The van der Waals surface area contributed by atoms with Crippen molar-refractivity contribution in [3.63, 3.8) is 0 Å². The standard InChI is InChI=1S/C26H36BrNO/c1-25-13-4-3-5-18(25)6-8-20-21-9-11-24(26(21,2)14-12-22(20)25)28-16-17-15-19(27)7-10-23(17)29/h7,10,15-16,18,20-22,24,29H,3-6,8-9,11-14H2,1-2H3/t18-,20-,21+,22+,24+,25+,26-/m1/s1. The van der Waals surface area contributed by atoms with E-state index in [2.05, 4.69) is 29.8 Å². The fraction of sp³-hybridized carbons (Fsp3) is 0.731.